The van der Waals surface area contributed by atoms with Crippen LogP contribution >= 0.6 is 27.7 Å². The smallest absolute Gasteiger partial charge is 0.126 e. The Kier molecular flexibility index (Phi) is 3.33. The molecule has 1 aromatic rings. The third kappa shape index (κ3) is 2.17. The van der Waals surface area contributed by atoms with Crippen molar-refractivity contribution < 1.29 is 0 Å². The third-order valence-corrected chi connectivity index (χ3v) is 2.63. The highest BCUT2D eigenvalue weighted by atomic mass is 79.9. The van der Waals surface area contributed by atoms with Crippen molar-refractivity contribution in [1.82, 2.24) is 9.97 Å². The Labute approximate surface area is 79.0 Å². The van der Waals surface area contributed by atoms with Crippen LogP contribution in [-0.2, 0) is 5.33 Å². The van der Waals surface area contributed by atoms with Gasteiger partial charge in [-0.1, -0.05) is 15.9 Å². The number of nitrogens with zero attached hydrogens (tertiary/aromatic N) is 2. The minimum absolute atomic E-state index is 0.823. The van der Waals surface area contributed by atoms with Crippen LogP contribution in [0.4, 0.5) is 0 Å². The largest absolute Gasteiger partial charge is 0.241 e. The minimum atomic E-state index is 0.823. The molecule has 4 heteroatoms. The maximum Gasteiger partial charge on any atom is 0.126 e. The molecule has 1 heterocycles. The van der Waals surface area contributed by atoms with Crippen LogP contribution in [-0.4, -0.2) is 16.2 Å². The van der Waals surface area contributed by atoms with Crippen LogP contribution in [0.5, 0.6) is 0 Å². The van der Waals surface area contributed by atoms with Gasteiger partial charge in [0.15, 0.2) is 0 Å². The lowest BCUT2D eigenvalue weighted by molar-refractivity contribution is 0.936. The van der Waals surface area contributed by atoms with Crippen molar-refractivity contribution in [2.75, 3.05) is 6.26 Å². The van der Waals surface area contributed by atoms with E-state index < -0.39 is 0 Å². The standard InChI is InChI=1S/C7H9BrN2S/c1-5-9-4-6(3-8)7(10-5)11-2/h4H,3H2,1-2H3. The van der Waals surface area contributed by atoms with Crippen LogP contribution < -0.4 is 0 Å². The molecular weight excluding hydrogens is 224 g/mol. The van der Waals surface area contributed by atoms with Crippen LogP contribution in [0, 0.1) is 6.92 Å². The molecule has 0 amide bonds. The number of alkyl halides is 1. The van der Waals surface area contributed by atoms with Gasteiger partial charge in [-0.25, -0.2) is 9.97 Å². The fourth-order valence-corrected chi connectivity index (χ4v) is 1.95. The van der Waals surface area contributed by atoms with E-state index in [0.29, 0.717) is 0 Å². The molecule has 2 nitrogen and oxygen atoms in total. The molecule has 0 aliphatic carbocycles. The summed E-state index contributed by atoms with van der Waals surface area (Å²) in [6, 6.07) is 0. The average Bonchev–Trinajstić information content (AvgIpc) is 2.04. The van der Waals surface area contributed by atoms with Gasteiger partial charge in [0.05, 0.1) is 0 Å². The second kappa shape index (κ2) is 4.07. The van der Waals surface area contributed by atoms with E-state index in [1.54, 1.807) is 11.8 Å². The Morgan fingerprint density at radius 3 is 2.91 bits per heavy atom. The van der Waals surface area contributed by atoms with E-state index in [0.717, 1.165) is 21.7 Å². The van der Waals surface area contributed by atoms with Gasteiger partial charge in [0.1, 0.15) is 10.9 Å². The maximum absolute atomic E-state index is 4.28. The molecule has 0 bridgehead atoms. The fraction of sp³-hybridized carbons (Fsp3) is 0.429. The molecule has 0 atom stereocenters. The topological polar surface area (TPSA) is 25.8 Å². The van der Waals surface area contributed by atoms with E-state index >= 15 is 0 Å². The fourth-order valence-electron chi connectivity index (χ4n) is 0.743. The summed E-state index contributed by atoms with van der Waals surface area (Å²) in [5.41, 5.74) is 1.16. The third-order valence-electron chi connectivity index (χ3n) is 1.28. The molecule has 0 spiro atoms. The van der Waals surface area contributed by atoms with Gasteiger partial charge >= 0.3 is 0 Å². The molecule has 0 saturated heterocycles. The highest BCUT2D eigenvalue weighted by Gasteiger charge is 2.01. The molecule has 0 saturated carbocycles. The average molecular weight is 233 g/mol. The van der Waals surface area contributed by atoms with Crippen LogP contribution in [0.1, 0.15) is 11.4 Å². The van der Waals surface area contributed by atoms with Gasteiger partial charge in [0, 0.05) is 17.1 Å². The zero-order valence-corrected chi connectivity index (χ0v) is 8.87. The lowest BCUT2D eigenvalue weighted by Crippen LogP contribution is -1.93. The summed E-state index contributed by atoms with van der Waals surface area (Å²) in [5.74, 6) is 0.832. The number of aromatic nitrogens is 2. The van der Waals surface area contributed by atoms with Crippen molar-refractivity contribution in [2.45, 2.75) is 17.3 Å². The second-order valence-electron chi connectivity index (χ2n) is 2.09. The molecule has 0 unspecified atom stereocenters. The van der Waals surface area contributed by atoms with Crippen LogP contribution in [0.25, 0.3) is 0 Å². The number of hydrogen-bond acceptors (Lipinski definition) is 3. The first kappa shape index (κ1) is 9.00. The zero-order valence-electron chi connectivity index (χ0n) is 6.47. The molecule has 0 aromatic carbocycles. The monoisotopic (exact) mass is 232 g/mol. The number of aryl methyl sites for hydroxylation is 1. The lowest BCUT2D eigenvalue weighted by atomic mass is 10.4. The Bertz CT molecular complexity index is 252. The summed E-state index contributed by atoms with van der Waals surface area (Å²) in [4.78, 5) is 8.39. The predicted octanol–water partition coefficient (Wildman–Crippen LogP) is 2.40. The van der Waals surface area contributed by atoms with Crippen molar-refractivity contribution in [3.05, 3.63) is 17.6 Å². The molecule has 0 N–H and O–H groups in total. The first-order chi connectivity index (χ1) is 5.27. The second-order valence-corrected chi connectivity index (χ2v) is 3.44. The maximum atomic E-state index is 4.28. The summed E-state index contributed by atoms with van der Waals surface area (Å²) < 4.78 is 0. The molecule has 0 fully saturated rings. The van der Waals surface area contributed by atoms with E-state index in [2.05, 4.69) is 25.9 Å². The van der Waals surface area contributed by atoms with Gasteiger partial charge in [0.25, 0.3) is 0 Å². The molecule has 0 aliphatic rings. The number of thioether (sulfide) groups is 1. The quantitative estimate of drug-likeness (QED) is 0.445. The van der Waals surface area contributed by atoms with Crippen LogP contribution in [0.15, 0.2) is 11.2 Å². The normalized spacial score (nSPS) is 10.1. The Morgan fingerprint density at radius 2 is 2.36 bits per heavy atom. The Morgan fingerprint density at radius 1 is 1.64 bits per heavy atom. The van der Waals surface area contributed by atoms with Crippen LogP contribution in [0.3, 0.4) is 0 Å². The van der Waals surface area contributed by atoms with E-state index in [4.69, 9.17) is 0 Å². The lowest BCUT2D eigenvalue weighted by Gasteiger charge is -2.01. The van der Waals surface area contributed by atoms with Crippen LogP contribution in [0.2, 0.25) is 0 Å². The summed E-state index contributed by atoms with van der Waals surface area (Å²) in [6.45, 7) is 1.90. The van der Waals surface area contributed by atoms with Crippen molar-refractivity contribution in [3.8, 4) is 0 Å². The van der Waals surface area contributed by atoms with Gasteiger partial charge in [0.2, 0.25) is 0 Å². The predicted molar refractivity (Wildman–Crippen MR) is 51.2 cm³/mol. The van der Waals surface area contributed by atoms with Gasteiger partial charge in [-0.2, -0.15) is 0 Å². The SMILES string of the molecule is CSc1nc(C)ncc1CBr. The zero-order chi connectivity index (χ0) is 8.27. The van der Waals surface area contributed by atoms with Crippen molar-refractivity contribution in [3.63, 3.8) is 0 Å². The van der Waals surface area contributed by atoms with E-state index in [1.165, 1.54) is 0 Å². The molecular formula is C7H9BrN2S. The van der Waals surface area contributed by atoms with E-state index in [-0.39, 0.29) is 0 Å². The van der Waals surface area contributed by atoms with Gasteiger partial charge in [-0.15, -0.1) is 11.8 Å². The van der Waals surface area contributed by atoms with Gasteiger partial charge in [-0.3, -0.25) is 0 Å². The minimum Gasteiger partial charge on any atom is -0.241 e. The Hall–Kier alpha value is -0.0900. The van der Waals surface area contributed by atoms with Gasteiger partial charge in [-0.05, 0) is 13.2 Å². The first-order valence-corrected chi connectivity index (χ1v) is 5.55. The van der Waals surface area contributed by atoms with E-state index in [1.807, 2.05) is 19.4 Å². The summed E-state index contributed by atoms with van der Waals surface area (Å²) in [7, 11) is 0. The first-order valence-electron chi connectivity index (χ1n) is 3.20. The highest BCUT2D eigenvalue weighted by Crippen LogP contribution is 2.18. The van der Waals surface area contributed by atoms with Gasteiger partial charge < -0.3 is 0 Å². The number of halogens is 1. The summed E-state index contributed by atoms with van der Waals surface area (Å²) >= 11 is 5.03. The highest BCUT2D eigenvalue weighted by molar-refractivity contribution is 9.08. The van der Waals surface area contributed by atoms with Crippen molar-refractivity contribution >= 4 is 27.7 Å². The van der Waals surface area contributed by atoms with Crippen molar-refractivity contribution in [1.29, 1.82) is 0 Å². The molecule has 0 aliphatic heterocycles. The molecule has 11 heavy (non-hydrogen) atoms. The van der Waals surface area contributed by atoms with Crippen molar-refractivity contribution in [2.24, 2.45) is 0 Å². The number of rotatable bonds is 2. The Balaban J connectivity index is 3.06. The molecule has 1 aromatic heterocycles. The molecule has 0 radical (unpaired) electrons. The molecule has 60 valence electrons. The summed E-state index contributed by atoms with van der Waals surface area (Å²) in [5, 5.41) is 1.89. The number of hydrogen-bond donors (Lipinski definition) is 0. The summed E-state index contributed by atoms with van der Waals surface area (Å²) in [6.07, 6.45) is 3.89. The van der Waals surface area contributed by atoms with E-state index in [9.17, 15) is 0 Å². The molecule has 1 rings (SSSR count).